The van der Waals surface area contributed by atoms with Crippen LogP contribution in [0.2, 0.25) is 0 Å². The van der Waals surface area contributed by atoms with E-state index in [1.165, 1.54) is 27.4 Å². The van der Waals surface area contributed by atoms with Gasteiger partial charge < -0.3 is 4.57 Å². The molecule has 0 bridgehead atoms. The third-order valence-corrected chi connectivity index (χ3v) is 8.18. The molecule has 0 saturated carbocycles. The maximum atomic E-state index is 12.9. The molecule has 3 aromatic carbocycles. The van der Waals surface area contributed by atoms with Crippen LogP contribution >= 0.6 is 0 Å². The highest BCUT2D eigenvalue weighted by atomic mass is 32.2. The quantitative estimate of drug-likeness (QED) is 0.471. The average Bonchev–Trinajstić information content (AvgIpc) is 3.13. The standard InChI is InChI=1S/C25H27N3O2S/c1-2-28-24-11-7-6-10-22(24)23-18-20(12-13-25(23)28)19-26-14-16-27(17-15-26)31(29,30)21-8-4-3-5-9-21/h3-13,18H,2,14-17,19H2,1H3. The SMILES string of the molecule is CCn1c2ccccc2c2cc(CN3CCN(S(=O)(=O)c4ccccc4)CC3)ccc21. The summed E-state index contributed by atoms with van der Waals surface area (Å²) in [4.78, 5) is 2.72. The van der Waals surface area contributed by atoms with E-state index in [2.05, 4.69) is 58.9 Å². The summed E-state index contributed by atoms with van der Waals surface area (Å²) in [6.45, 7) is 6.48. The van der Waals surface area contributed by atoms with Crippen LogP contribution in [0, 0.1) is 0 Å². The molecule has 5 rings (SSSR count). The molecule has 0 atom stereocenters. The number of hydrogen-bond donors (Lipinski definition) is 0. The van der Waals surface area contributed by atoms with Crippen LogP contribution in [-0.4, -0.2) is 48.4 Å². The van der Waals surface area contributed by atoms with Gasteiger partial charge in [-0.25, -0.2) is 8.42 Å². The molecule has 31 heavy (non-hydrogen) atoms. The smallest absolute Gasteiger partial charge is 0.243 e. The van der Waals surface area contributed by atoms with E-state index >= 15 is 0 Å². The zero-order valence-electron chi connectivity index (χ0n) is 17.7. The van der Waals surface area contributed by atoms with Crippen molar-refractivity contribution in [1.29, 1.82) is 0 Å². The Bertz CT molecular complexity index is 1320. The van der Waals surface area contributed by atoms with Crippen LogP contribution in [0.4, 0.5) is 0 Å². The van der Waals surface area contributed by atoms with Gasteiger partial charge in [0.05, 0.1) is 4.90 Å². The Morgan fingerprint density at radius 1 is 0.774 bits per heavy atom. The van der Waals surface area contributed by atoms with Crippen LogP contribution in [0.5, 0.6) is 0 Å². The van der Waals surface area contributed by atoms with E-state index in [9.17, 15) is 8.42 Å². The van der Waals surface area contributed by atoms with Crippen molar-refractivity contribution in [3.63, 3.8) is 0 Å². The number of rotatable bonds is 5. The highest BCUT2D eigenvalue weighted by Crippen LogP contribution is 2.30. The molecule has 160 valence electrons. The molecule has 0 spiro atoms. The van der Waals surface area contributed by atoms with Crippen molar-refractivity contribution >= 4 is 31.8 Å². The Morgan fingerprint density at radius 3 is 2.19 bits per heavy atom. The Morgan fingerprint density at radius 2 is 1.45 bits per heavy atom. The van der Waals surface area contributed by atoms with Gasteiger partial charge in [-0.15, -0.1) is 0 Å². The third-order valence-electron chi connectivity index (χ3n) is 6.27. The predicted molar refractivity (Wildman–Crippen MR) is 126 cm³/mol. The van der Waals surface area contributed by atoms with Crippen molar-refractivity contribution in [1.82, 2.24) is 13.8 Å². The van der Waals surface area contributed by atoms with Crippen LogP contribution in [-0.2, 0) is 23.1 Å². The minimum atomic E-state index is -3.41. The maximum Gasteiger partial charge on any atom is 0.243 e. The van der Waals surface area contributed by atoms with Crippen molar-refractivity contribution in [2.75, 3.05) is 26.2 Å². The average molecular weight is 434 g/mol. The van der Waals surface area contributed by atoms with Gasteiger partial charge in [0.25, 0.3) is 0 Å². The van der Waals surface area contributed by atoms with Crippen LogP contribution < -0.4 is 0 Å². The summed E-state index contributed by atoms with van der Waals surface area (Å²) >= 11 is 0. The molecule has 0 aliphatic carbocycles. The minimum Gasteiger partial charge on any atom is -0.341 e. The van der Waals surface area contributed by atoms with E-state index in [4.69, 9.17) is 0 Å². The topological polar surface area (TPSA) is 45.5 Å². The first-order valence-electron chi connectivity index (χ1n) is 10.9. The molecule has 2 heterocycles. The second-order valence-corrected chi connectivity index (χ2v) is 10.0. The molecule has 5 nitrogen and oxygen atoms in total. The molecule has 1 aliphatic heterocycles. The summed E-state index contributed by atoms with van der Waals surface area (Å²) in [6.07, 6.45) is 0. The lowest BCUT2D eigenvalue weighted by molar-refractivity contribution is 0.181. The van der Waals surface area contributed by atoms with Gasteiger partial charge in [0.1, 0.15) is 0 Å². The summed E-state index contributed by atoms with van der Waals surface area (Å²) in [6, 6.07) is 24.0. The first-order chi connectivity index (χ1) is 15.1. The molecule has 0 unspecified atom stereocenters. The Kier molecular flexibility index (Phi) is 5.30. The van der Waals surface area contributed by atoms with Crippen molar-refractivity contribution in [3.05, 3.63) is 78.4 Å². The lowest BCUT2D eigenvalue weighted by Gasteiger charge is -2.34. The second-order valence-electron chi connectivity index (χ2n) is 8.11. The van der Waals surface area contributed by atoms with Crippen molar-refractivity contribution in [2.24, 2.45) is 0 Å². The largest absolute Gasteiger partial charge is 0.341 e. The lowest BCUT2D eigenvalue weighted by atomic mass is 10.1. The van der Waals surface area contributed by atoms with Gasteiger partial charge in [-0.2, -0.15) is 4.31 Å². The van der Waals surface area contributed by atoms with E-state index in [-0.39, 0.29) is 0 Å². The molecule has 1 saturated heterocycles. The second kappa shape index (κ2) is 8.11. The van der Waals surface area contributed by atoms with E-state index in [0.717, 1.165) is 26.2 Å². The lowest BCUT2D eigenvalue weighted by Crippen LogP contribution is -2.48. The van der Waals surface area contributed by atoms with Crippen LogP contribution in [0.25, 0.3) is 21.8 Å². The molecule has 0 radical (unpaired) electrons. The highest BCUT2D eigenvalue weighted by Gasteiger charge is 2.28. The van der Waals surface area contributed by atoms with Gasteiger partial charge in [-0.1, -0.05) is 42.5 Å². The molecular weight excluding hydrogens is 406 g/mol. The van der Waals surface area contributed by atoms with Gasteiger partial charge in [0.2, 0.25) is 10.0 Å². The zero-order valence-corrected chi connectivity index (χ0v) is 18.6. The van der Waals surface area contributed by atoms with E-state index in [1.54, 1.807) is 28.6 Å². The molecule has 1 aliphatic rings. The predicted octanol–water partition coefficient (Wildman–Crippen LogP) is 4.32. The molecule has 4 aromatic rings. The molecule has 1 aromatic heterocycles. The fourth-order valence-corrected chi connectivity index (χ4v) is 6.11. The van der Waals surface area contributed by atoms with E-state index < -0.39 is 10.0 Å². The van der Waals surface area contributed by atoms with Gasteiger partial charge in [-0.05, 0) is 42.8 Å². The van der Waals surface area contributed by atoms with Crippen molar-refractivity contribution < 1.29 is 8.42 Å². The first kappa shape index (κ1) is 20.2. The molecule has 1 fully saturated rings. The normalized spacial score (nSPS) is 16.3. The van der Waals surface area contributed by atoms with Gasteiger partial charge in [-0.3, -0.25) is 4.90 Å². The molecule has 0 N–H and O–H groups in total. The number of hydrogen-bond acceptors (Lipinski definition) is 3. The van der Waals surface area contributed by atoms with Crippen LogP contribution in [0.1, 0.15) is 12.5 Å². The number of para-hydroxylation sites is 1. The molecule has 0 amide bonds. The minimum absolute atomic E-state index is 0.376. The number of fused-ring (bicyclic) bond motifs is 3. The van der Waals surface area contributed by atoms with E-state index in [0.29, 0.717) is 18.0 Å². The number of sulfonamides is 1. The maximum absolute atomic E-state index is 12.9. The monoisotopic (exact) mass is 433 g/mol. The number of benzene rings is 3. The number of aryl methyl sites for hydroxylation is 1. The summed E-state index contributed by atoms with van der Waals surface area (Å²) in [5.41, 5.74) is 3.81. The van der Waals surface area contributed by atoms with Gasteiger partial charge >= 0.3 is 0 Å². The Balaban J connectivity index is 1.33. The fourth-order valence-electron chi connectivity index (χ4n) is 4.67. The molecule has 6 heteroatoms. The fraction of sp³-hybridized carbons (Fsp3) is 0.280. The zero-order chi connectivity index (χ0) is 21.4. The number of nitrogens with zero attached hydrogens (tertiary/aromatic N) is 3. The number of piperazine rings is 1. The first-order valence-corrected chi connectivity index (χ1v) is 12.3. The third kappa shape index (κ3) is 3.65. The van der Waals surface area contributed by atoms with Crippen molar-refractivity contribution in [2.45, 2.75) is 24.9 Å². The van der Waals surface area contributed by atoms with Crippen LogP contribution in [0.3, 0.4) is 0 Å². The summed E-state index contributed by atoms with van der Waals surface area (Å²) in [5.74, 6) is 0. The van der Waals surface area contributed by atoms with Gasteiger partial charge in [0, 0.05) is 61.1 Å². The number of aromatic nitrogens is 1. The van der Waals surface area contributed by atoms with Crippen molar-refractivity contribution in [3.8, 4) is 0 Å². The molecular formula is C25H27N3O2S. The van der Waals surface area contributed by atoms with Gasteiger partial charge in [0.15, 0.2) is 0 Å². The van der Waals surface area contributed by atoms with E-state index in [1.807, 2.05) is 6.07 Å². The van der Waals surface area contributed by atoms with Crippen LogP contribution in [0.15, 0.2) is 77.7 Å². The summed E-state index contributed by atoms with van der Waals surface area (Å²) in [5, 5.41) is 2.58. The highest BCUT2D eigenvalue weighted by molar-refractivity contribution is 7.89. The summed E-state index contributed by atoms with van der Waals surface area (Å²) in [7, 11) is -3.41. The Labute approximate surface area is 183 Å². The summed E-state index contributed by atoms with van der Waals surface area (Å²) < 4.78 is 29.7. The Hall–Kier alpha value is -2.67.